The van der Waals surface area contributed by atoms with Gasteiger partial charge in [0.05, 0.1) is 12.1 Å². The van der Waals surface area contributed by atoms with E-state index in [9.17, 15) is 23.1 Å². The zero-order chi connectivity index (χ0) is 21.3. The van der Waals surface area contributed by atoms with Crippen LogP contribution in [-0.4, -0.2) is 21.5 Å². The van der Waals surface area contributed by atoms with Gasteiger partial charge in [-0.1, -0.05) is 56.3 Å². The summed E-state index contributed by atoms with van der Waals surface area (Å²) in [5.74, 6) is 0. The number of pyridine rings is 1. The van der Waals surface area contributed by atoms with Crippen molar-refractivity contribution in [2.45, 2.75) is 50.4 Å². The molecule has 0 aliphatic rings. The van der Waals surface area contributed by atoms with Crippen LogP contribution in [0.1, 0.15) is 32.3 Å². The average molecular weight is 403 g/mol. The molecule has 0 amide bonds. The van der Waals surface area contributed by atoms with Crippen LogP contribution in [0.2, 0.25) is 0 Å². The maximum atomic E-state index is 14.1. The summed E-state index contributed by atoms with van der Waals surface area (Å²) in [6, 6.07) is 16.7. The Balaban J connectivity index is 2.07. The second kappa shape index (κ2) is 7.67. The minimum atomic E-state index is -4.84. The highest BCUT2D eigenvalue weighted by Gasteiger charge is 2.56. The first-order valence-electron chi connectivity index (χ1n) is 9.52. The van der Waals surface area contributed by atoms with Crippen LogP contribution in [0.3, 0.4) is 0 Å². The first kappa shape index (κ1) is 21.1. The fourth-order valence-electron chi connectivity index (χ4n) is 3.84. The van der Waals surface area contributed by atoms with Gasteiger partial charge in [0.15, 0.2) is 11.0 Å². The monoisotopic (exact) mass is 403 g/mol. The Morgan fingerprint density at radius 1 is 0.966 bits per heavy atom. The number of hydrogen-bond donors (Lipinski definition) is 1. The predicted molar refractivity (Wildman–Crippen MR) is 108 cm³/mol. The average Bonchev–Trinajstić information content (AvgIpc) is 2.70. The second-order valence-corrected chi connectivity index (χ2v) is 7.81. The molecule has 2 unspecified atom stereocenters. The Kier molecular flexibility index (Phi) is 5.59. The number of rotatable bonds is 6. The summed E-state index contributed by atoms with van der Waals surface area (Å²) < 4.78 is 43.7. The van der Waals surface area contributed by atoms with Gasteiger partial charge in [-0.2, -0.15) is 13.2 Å². The zero-order valence-electron chi connectivity index (χ0n) is 16.4. The van der Waals surface area contributed by atoms with E-state index < -0.39 is 30.2 Å². The molecule has 6 heteroatoms. The fourth-order valence-corrected chi connectivity index (χ4v) is 3.84. The van der Waals surface area contributed by atoms with Crippen LogP contribution in [0.4, 0.5) is 13.2 Å². The minimum absolute atomic E-state index is 0.268. The molecule has 2 aromatic carbocycles. The molecule has 0 spiro atoms. The number of aliphatic hydroxyl groups is 1. The van der Waals surface area contributed by atoms with Gasteiger partial charge < -0.3 is 9.67 Å². The third-order valence-corrected chi connectivity index (χ3v) is 5.78. The lowest BCUT2D eigenvalue weighted by Gasteiger charge is -2.40. The van der Waals surface area contributed by atoms with E-state index in [1.807, 2.05) is 13.0 Å². The summed E-state index contributed by atoms with van der Waals surface area (Å²) in [5, 5.41) is 11.3. The normalized spacial score (nSPS) is 16.3. The van der Waals surface area contributed by atoms with Crippen LogP contribution in [-0.2, 0) is 12.0 Å². The molecule has 0 bridgehead atoms. The Hall–Kier alpha value is -2.60. The van der Waals surface area contributed by atoms with E-state index in [2.05, 4.69) is 0 Å². The lowest BCUT2D eigenvalue weighted by Crippen LogP contribution is -2.52. The molecular formula is C23H24F3NO2. The quantitative estimate of drug-likeness (QED) is 0.626. The molecule has 0 aliphatic carbocycles. The van der Waals surface area contributed by atoms with Crippen molar-refractivity contribution in [3.05, 3.63) is 82.6 Å². The first-order valence-corrected chi connectivity index (χ1v) is 9.52. The number of nitrogens with zero attached hydrogens (tertiary/aromatic N) is 1. The van der Waals surface area contributed by atoms with Crippen molar-refractivity contribution in [2.24, 2.45) is 0 Å². The fraction of sp³-hybridized carbons (Fsp3) is 0.348. The van der Waals surface area contributed by atoms with Crippen molar-refractivity contribution < 1.29 is 18.3 Å². The minimum Gasteiger partial charge on any atom is -0.379 e. The molecule has 1 N–H and O–H groups in total. The molecule has 1 aromatic heterocycles. The van der Waals surface area contributed by atoms with E-state index >= 15 is 0 Å². The van der Waals surface area contributed by atoms with Crippen LogP contribution in [0.5, 0.6) is 0 Å². The van der Waals surface area contributed by atoms with Gasteiger partial charge in [0.1, 0.15) is 0 Å². The Bertz CT molecular complexity index is 1050. The van der Waals surface area contributed by atoms with Crippen LogP contribution >= 0.6 is 0 Å². The van der Waals surface area contributed by atoms with Gasteiger partial charge >= 0.3 is 6.18 Å². The number of halogens is 3. The van der Waals surface area contributed by atoms with Crippen LogP contribution < -0.4 is 5.43 Å². The van der Waals surface area contributed by atoms with Gasteiger partial charge in [0.25, 0.3) is 0 Å². The molecule has 3 rings (SSSR count). The van der Waals surface area contributed by atoms with E-state index in [0.29, 0.717) is 17.3 Å². The molecule has 0 saturated heterocycles. The number of hydrogen-bond acceptors (Lipinski definition) is 2. The van der Waals surface area contributed by atoms with Crippen molar-refractivity contribution in [3.8, 4) is 0 Å². The summed E-state index contributed by atoms with van der Waals surface area (Å²) in [6.45, 7) is 2.86. The van der Waals surface area contributed by atoms with E-state index in [1.165, 1.54) is 16.8 Å². The topological polar surface area (TPSA) is 42.2 Å². The van der Waals surface area contributed by atoms with Gasteiger partial charge in [0, 0.05) is 17.6 Å². The molecule has 3 nitrogen and oxygen atoms in total. The van der Waals surface area contributed by atoms with E-state index in [1.54, 1.807) is 55.5 Å². The second-order valence-electron chi connectivity index (χ2n) is 7.81. The van der Waals surface area contributed by atoms with Crippen molar-refractivity contribution in [1.29, 1.82) is 0 Å². The SMILES string of the molecule is CCC(C)(CC(O)(Cn1ccc(=O)c2ccccc21)C(F)(F)F)c1ccccc1. The largest absolute Gasteiger partial charge is 0.418 e. The lowest BCUT2D eigenvalue weighted by atomic mass is 9.71. The number of alkyl halides is 3. The van der Waals surface area contributed by atoms with E-state index in [-0.39, 0.29) is 5.43 Å². The van der Waals surface area contributed by atoms with Crippen LogP contribution in [0.25, 0.3) is 10.9 Å². The molecule has 2 atom stereocenters. The third kappa shape index (κ3) is 4.08. The Morgan fingerprint density at radius 3 is 2.21 bits per heavy atom. The highest BCUT2D eigenvalue weighted by molar-refractivity contribution is 5.78. The summed E-state index contributed by atoms with van der Waals surface area (Å²) in [5.41, 5.74) is -3.00. The Morgan fingerprint density at radius 2 is 1.59 bits per heavy atom. The number of fused-ring (bicyclic) bond motifs is 1. The number of para-hydroxylation sites is 1. The molecule has 29 heavy (non-hydrogen) atoms. The molecule has 0 radical (unpaired) electrons. The third-order valence-electron chi connectivity index (χ3n) is 5.78. The van der Waals surface area contributed by atoms with Gasteiger partial charge in [-0.25, -0.2) is 0 Å². The number of benzene rings is 2. The molecule has 1 heterocycles. The molecule has 0 saturated carbocycles. The van der Waals surface area contributed by atoms with Crippen molar-refractivity contribution in [2.75, 3.05) is 0 Å². The molecule has 0 fully saturated rings. The lowest BCUT2D eigenvalue weighted by molar-refractivity contribution is -0.272. The standard InChI is InChI=1S/C23H24F3NO2/c1-3-21(2,17-9-5-4-6-10-17)15-22(29,23(24,25)26)16-27-14-13-20(28)18-11-7-8-12-19(18)27/h4-14,29H,3,15-16H2,1-2H3. The van der Waals surface area contributed by atoms with Gasteiger partial charge in [-0.05, 0) is 36.0 Å². The first-order chi connectivity index (χ1) is 13.6. The van der Waals surface area contributed by atoms with Crippen molar-refractivity contribution in [3.63, 3.8) is 0 Å². The molecule has 154 valence electrons. The summed E-state index contributed by atoms with van der Waals surface area (Å²) in [6.07, 6.45) is -3.60. The van der Waals surface area contributed by atoms with E-state index in [4.69, 9.17) is 0 Å². The number of aromatic nitrogens is 1. The zero-order valence-corrected chi connectivity index (χ0v) is 16.4. The molecule has 0 aliphatic heterocycles. The van der Waals surface area contributed by atoms with E-state index in [0.717, 1.165) is 5.56 Å². The highest BCUT2D eigenvalue weighted by atomic mass is 19.4. The molecule has 3 aromatic rings. The predicted octanol–water partition coefficient (Wildman–Crippen LogP) is 5.05. The Labute approximate surface area is 167 Å². The maximum absolute atomic E-state index is 14.1. The van der Waals surface area contributed by atoms with Gasteiger partial charge in [-0.15, -0.1) is 0 Å². The summed E-state index contributed by atoms with van der Waals surface area (Å²) in [4.78, 5) is 12.1. The molecular weight excluding hydrogens is 379 g/mol. The maximum Gasteiger partial charge on any atom is 0.418 e. The summed E-state index contributed by atoms with van der Waals surface area (Å²) in [7, 11) is 0. The highest BCUT2D eigenvalue weighted by Crippen LogP contribution is 2.44. The van der Waals surface area contributed by atoms with Crippen molar-refractivity contribution in [1.82, 2.24) is 4.57 Å². The van der Waals surface area contributed by atoms with Gasteiger partial charge in [0.2, 0.25) is 0 Å². The van der Waals surface area contributed by atoms with Gasteiger partial charge in [-0.3, -0.25) is 4.79 Å². The smallest absolute Gasteiger partial charge is 0.379 e. The van der Waals surface area contributed by atoms with Crippen molar-refractivity contribution >= 4 is 10.9 Å². The summed E-state index contributed by atoms with van der Waals surface area (Å²) >= 11 is 0. The van der Waals surface area contributed by atoms with Crippen LogP contribution in [0.15, 0.2) is 71.7 Å². The van der Waals surface area contributed by atoms with Crippen LogP contribution in [0, 0.1) is 0 Å².